The van der Waals surface area contributed by atoms with Crippen LogP contribution in [0.2, 0.25) is 0 Å². The minimum Gasteiger partial charge on any atom is -0.494 e. The molecule has 0 aromatic heterocycles. The maximum absolute atomic E-state index is 12.3. The van der Waals surface area contributed by atoms with Gasteiger partial charge in [0.1, 0.15) is 5.75 Å². The lowest BCUT2D eigenvalue weighted by Crippen LogP contribution is -2.20. The Morgan fingerprint density at radius 3 is 2.19 bits per heavy atom. The summed E-state index contributed by atoms with van der Waals surface area (Å²) in [5, 5.41) is 0. The molecule has 0 saturated heterocycles. The predicted molar refractivity (Wildman–Crippen MR) is 130 cm³/mol. The Morgan fingerprint density at radius 1 is 0.903 bits per heavy atom. The van der Waals surface area contributed by atoms with Crippen LogP contribution in [0, 0.1) is 11.8 Å². The third kappa shape index (κ3) is 10.1. The molecular formula is C28H46O3. The molecule has 0 N–H and O–H groups in total. The molecule has 3 atom stereocenters. The Morgan fingerprint density at radius 2 is 1.55 bits per heavy atom. The van der Waals surface area contributed by atoms with Crippen LogP contribution in [-0.4, -0.2) is 18.7 Å². The minimum atomic E-state index is -0.232. The Hall–Kier alpha value is -1.51. The van der Waals surface area contributed by atoms with E-state index in [0.29, 0.717) is 5.56 Å². The molecule has 0 heterocycles. The quantitative estimate of drug-likeness (QED) is 0.207. The number of benzene rings is 1. The van der Waals surface area contributed by atoms with Crippen LogP contribution in [-0.2, 0) is 4.74 Å². The van der Waals surface area contributed by atoms with Crippen LogP contribution in [0.25, 0.3) is 0 Å². The molecule has 31 heavy (non-hydrogen) atoms. The average Bonchev–Trinajstić information content (AvgIpc) is 2.79. The van der Waals surface area contributed by atoms with Gasteiger partial charge in [0, 0.05) is 0 Å². The summed E-state index contributed by atoms with van der Waals surface area (Å²) in [6.07, 6.45) is 17.9. The zero-order valence-corrected chi connectivity index (χ0v) is 20.4. The van der Waals surface area contributed by atoms with Crippen LogP contribution in [0.5, 0.6) is 5.75 Å². The monoisotopic (exact) mass is 430 g/mol. The van der Waals surface area contributed by atoms with Gasteiger partial charge in [-0.15, -0.1) is 0 Å². The summed E-state index contributed by atoms with van der Waals surface area (Å²) in [7, 11) is 0. The number of carbonyl (C=O) groups excluding carboxylic acids is 1. The van der Waals surface area contributed by atoms with Gasteiger partial charge in [0.15, 0.2) is 0 Å². The second-order valence-corrected chi connectivity index (χ2v) is 9.53. The highest BCUT2D eigenvalue weighted by Crippen LogP contribution is 2.36. The summed E-state index contributed by atoms with van der Waals surface area (Å²) in [6.45, 7) is 7.25. The number of carbonyl (C=O) groups is 1. The first-order chi connectivity index (χ1) is 15.1. The molecule has 1 aromatic rings. The molecule has 0 aliphatic heterocycles. The molecule has 0 radical (unpaired) electrons. The highest BCUT2D eigenvalue weighted by atomic mass is 16.5. The van der Waals surface area contributed by atoms with Crippen molar-refractivity contribution >= 4 is 5.97 Å². The molecular weight excluding hydrogens is 384 g/mol. The first kappa shape index (κ1) is 25.7. The highest BCUT2D eigenvalue weighted by molar-refractivity contribution is 5.89. The van der Waals surface area contributed by atoms with Crippen LogP contribution in [0.1, 0.15) is 121 Å². The van der Waals surface area contributed by atoms with Gasteiger partial charge in [-0.3, -0.25) is 0 Å². The van der Waals surface area contributed by atoms with Gasteiger partial charge in [0.25, 0.3) is 0 Å². The van der Waals surface area contributed by atoms with Crippen molar-refractivity contribution in [1.29, 1.82) is 0 Å². The van der Waals surface area contributed by atoms with Gasteiger partial charge in [-0.05, 0) is 68.7 Å². The molecule has 3 heteroatoms. The SMILES string of the molecule is CCCCCCC(C)OC(=O)c1ccc(OCCCC2CCCCC2CCCC)cc1. The fraction of sp³-hybridized carbons (Fsp3) is 0.750. The van der Waals surface area contributed by atoms with Gasteiger partial charge in [-0.25, -0.2) is 4.79 Å². The van der Waals surface area contributed by atoms with Crippen molar-refractivity contribution in [3.05, 3.63) is 29.8 Å². The van der Waals surface area contributed by atoms with Crippen molar-refractivity contribution in [2.75, 3.05) is 6.61 Å². The summed E-state index contributed by atoms with van der Waals surface area (Å²) in [6, 6.07) is 7.44. The first-order valence-electron chi connectivity index (χ1n) is 13.1. The van der Waals surface area contributed by atoms with Crippen LogP contribution < -0.4 is 4.74 Å². The van der Waals surface area contributed by atoms with E-state index in [0.717, 1.165) is 43.5 Å². The zero-order valence-electron chi connectivity index (χ0n) is 20.4. The van der Waals surface area contributed by atoms with Gasteiger partial charge in [-0.2, -0.15) is 0 Å². The molecule has 176 valence electrons. The second-order valence-electron chi connectivity index (χ2n) is 9.53. The number of ether oxygens (including phenoxy) is 2. The van der Waals surface area contributed by atoms with Crippen molar-refractivity contribution < 1.29 is 14.3 Å². The fourth-order valence-electron chi connectivity index (χ4n) is 4.90. The lowest BCUT2D eigenvalue weighted by atomic mass is 9.75. The van der Waals surface area contributed by atoms with Crippen LogP contribution >= 0.6 is 0 Å². The zero-order chi connectivity index (χ0) is 22.3. The fourth-order valence-corrected chi connectivity index (χ4v) is 4.90. The van der Waals surface area contributed by atoms with E-state index in [1.807, 2.05) is 31.2 Å². The predicted octanol–water partition coefficient (Wildman–Crippen LogP) is 8.36. The van der Waals surface area contributed by atoms with Crippen molar-refractivity contribution in [3.8, 4) is 5.75 Å². The molecule has 1 aliphatic carbocycles. The molecule has 3 nitrogen and oxygen atoms in total. The van der Waals surface area contributed by atoms with Crippen LogP contribution in [0.15, 0.2) is 24.3 Å². The van der Waals surface area contributed by atoms with E-state index in [9.17, 15) is 4.79 Å². The van der Waals surface area contributed by atoms with Gasteiger partial charge < -0.3 is 9.47 Å². The van der Waals surface area contributed by atoms with Gasteiger partial charge >= 0.3 is 5.97 Å². The molecule has 1 saturated carbocycles. The van der Waals surface area contributed by atoms with Crippen molar-refractivity contribution in [3.63, 3.8) is 0 Å². The summed E-state index contributed by atoms with van der Waals surface area (Å²) >= 11 is 0. The Labute approximate surface area is 191 Å². The summed E-state index contributed by atoms with van der Waals surface area (Å²) in [5.74, 6) is 2.44. The van der Waals surface area contributed by atoms with Crippen molar-refractivity contribution in [2.45, 2.75) is 117 Å². The van der Waals surface area contributed by atoms with Crippen LogP contribution in [0.4, 0.5) is 0 Å². The van der Waals surface area contributed by atoms with E-state index in [1.54, 1.807) is 0 Å². The number of unbranched alkanes of at least 4 members (excludes halogenated alkanes) is 4. The molecule has 0 bridgehead atoms. The highest BCUT2D eigenvalue weighted by Gasteiger charge is 2.24. The third-order valence-corrected chi connectivity index (χ3v) is 6.85. The van der Waals surface area contributed by atoms with Gasteiger partial charge in [0.05, 0.1) is 18.3 Å². The Bertz CT molecular complexity index is 595. The number of hydrogen-bond donors (Lipinski definition) is 0. The molecule has 2 rings (SSSR count). The molecule has 0 spiro atoms. The lowest BCUT2D eigenvalue weighted by Gasteiger charge is -2.31. The molecule has 0 amide bonds. The third-order valence-electron chi connectivity index (χ3n) is 6.85. The number of esters is 1. The summed E-state index contributed by atoms with van der Waals surface area (Å²) in [5.41, 5.74) is 0.605. The Balaban J connectivity index is 1.66. The molecule has 1 aliphatic rings. The average molecular weight is 431 g/mol. The summed E-state index contributed by atoms with van der Waals surface area (Å²) < 4.78 is 11.5. The Kier molecular flexibility index (Phi) is 12.7. The number of hydrogen-bond acceptors (Lipinski definition) is 3. The largest absolute Gasteiger partial charge is 0.494 e. The number of rotatable bonds is 15. The van der Waals surface area contributed by atoms with E-state index >= 15 is 0 Å². The standard InChI is InChI=1S/C28H46O3/c1-4-6-8-9-13-23(3)31-28(29)26-18-20-27(21-19-26)30-22-12-17-25-16-11-10-15-24(25)14-7-5-2/h18-21,23-25H,4-17,22H2,1-3H3. The molecule has 3 unspecified atom stereocenters. The molecule has 1 fully saturated rings. The van der Waals surface area contributed by atoms with E-state index < -0.39 is 0 Å². The minimum absolute atomic E-state index is 0.0266. The smallest absolute Gasteiger partial charge is 0.338 e. The van der Waals surface area contributed by atoms with E-state index in [-0.39, 0.29) is 12.1 Å². The van der Waals surface area contributed by atoms with Gasteiger partial charge in [-0.1, -0.05) is 78.1 Å². The lowest BCUT2D eigenvalue weighted by molar-refractivity contribution is 0.0319. The summed E-state index contributed by atoms with van der Waals surface area (Å²) in [4.78, 5) is 12.3. The first-order valence-corrected chi connectivity index (χ1v) is 13.1. The van der Waals surface area contributed by atoms with E-state index in [1.165, 1.54) is 70.6 Å². The topological polar surface area (TPSA) is 35.5 Å². The normalized spacial score (nSPS) is 19.7. The maximum Gasteiger partial charge on any atom is 0.338 e. The van der Waals surface area contributed by atoms with E-state index in [4.69, 9.17) is 9.47 Å². The maximum atomic E-state index is 12.3. The molecule has 1 aromatic carbocycles. The second kappa shape index (κ2) is 15.3. The van der Waals surface area contributed by atoms with Crippen molar-refractivity contribution in [1.82, 2.24) is 0 Å². The van der Waals surface area contributed by atoms with Crippen LogP contribution in [0.3, 0.4) is 0 Å². The van der Waals surface area contributed by atoms with E-state index in [2.05, 4.69) is 13.8 Å². The van der Waals surface area contributed by atoms with Crippen molar-refractivity contribution in [2.24, 2.45) is 11.8 Å². The van der Waals surface area contributed by atoms with Gasteiger partial charge in [0.2, 0.25) is 0 Å².